The van der Waals surface area contributed by atoms with E-state index in [-0.39, 0.29) is 0 Å². The molecular weight excluding hydrogens is 288 g/mol. The number of nitrogens with zero attached hydrogens (tertiary/aromatic N) is 1. The summed E-state index contributed by atoms with van der Waals surface area (Å²) in [5, 5.41) is 4.28. The lowest BCUT2D eigenvalue weighted by Crippen LogP contribution is -2.25. The molecule has 4 heteroatoms. The van der Waals surface area contributed by atoms with Crippen LogP contribution in [0.2, 0.25) is 5.02 Å². The molecule has 114 valence electrons. The van der Waals surface area contributed by atoms with Crippen LogP contribution < -0.4 is 5.32 Å². The molecule has 0 amide bonds. The predicted molar refractivity (Wildman–Crippen MR) is 91.9 cm³/mol. The van der Waals surface area contributed by atoms with Crippen molar-refractivity contribution in [1.82, 2.24) is 10.2 Å². The molecule has 0 aliphatic carbocycles. The van der Waals surface area contributed by atoms with Crippen molar-refractivity contribution < 1.29 is 0 Å². The molecule has 1 aromatic carbocycles. The largest absolute Gasteiger partial charge is 0.310 e. The van der Waals surface area contributed by atoms with Crippen LogP contribution in [-0.4, -0.2) is 36.3 Å². The second kappa shape index (κ2) is 9.67. The zero-order chi connectivity index (χ0) is 15.0. The number of rotatable bonds is 9. The maximum Gasteiger partial charge on any atom is 0.0545 e. The minimum absolute atomic E-state index is 0.497. The summed E-state index contributed by atoms with van der Waals surface area (Å²) in [5.41, 5.74) is 1.25. The summed E-state index contributed by atoms with van der Waals surface area (Å²) < 4.78 is 0. The Kier molecular flexibility index (Phi) is 8.62. The predicted octanol–water partition coefficient (Wildman–Crippen LogP) is 4.27. The summed E-state index contributed by atoms with van der Waals surface area (Å²) >= 11 is 8.21. The van der Waals surface area contributed by atoms with E-state index >= 15 is 0 Å². The van der Waals surface area contributed by atoms with E-state index in [9.17, 15) is 0 Å². The van der Waals surface area contributed by atoms with Gasteiger partial charge in [0, 0.05) is 29.8 Å². The van der Waals surface area contributed by atoms with Gasteiger partial charge in [-0.05, 0) is 30.8 Å². The monoisotopic (exact) mass is 314 g/mol. The number of thioether (sulfide) groups is 1. The van der Waals surface area contributed by atoms with Crippen LogP contribution in [0.5, 0.6) is 0 Å². The van der Waals surface area contributed by atoms with Crippen molar-refractivity contribution in [1.29, 1.82) is 0 Å². The van der Waals surface area contributed by atoms with E-state index in [0.29, 0.717) is 6.04 Å². The fourth-order valence-electron chi connectivity index (χ4n) is 1.92. The van der Waals surface area contributed by atoms with Crippen LogP contribution in [0.25, 0.3) is 0 Å². The van der Waals surface area contributed by atoms with E-state index in [4.69, 9.17) is 11.6 Å². The average Bonchev–Trinajstić information content (AvgIpc) is 2.43. The highest BCUT2D eigenvalue weighted by atomic mass is 35.5. The molecule has 0 heterocycles. The van der Waals surface area contributed by atoms with Crippen molar-refractivity contribution in [3.63, 3.8) is 0 Å². The molecule has 1 N–H and O–H groups in total. The van der Waals surface area contributed by atoms with Crippen LogP contribution in [0.4, 0.5) is 0 Å². The third-order valence-corrected chi connectivity index (χ3v) is 4.75. The van der Waals surface area contributed by atoms with Gasteiger partial charge in [0.05, 0.1) is 5.02 Å². The second-order valence-corrected chi connectivity index (χ2v) is 6.72. The summed E-state index contributed by atoms with van der Waals surface area (Å²) in [5.74, 6) is 1.09. The van der Waals surface area contributed by atoms with E-state index < -0.39 is 0 Å². The molecule has 0 aliphatic rings. The summed E-state index contributed by atoms with van der Waals surface area (Å²) in [6.07, 6.45) is 0. The summed E-state index contributed by atoms with van der Waals surface area (Å²) in [6, 6.07) is 6.89. The Morgan fingerprint density at radius 1 is 1.25 bits per heavy atom. The van der Waals surface area contributed by atoms with Gasteiger partial charge in [-0.15, -0.1) is 11.8 Å². The number of hydrogen-bond acceptors (Lipinski definition) is 3. The quantitative estimate of drug-likeness (QED) is 0.685. The lowest BCUT2D eigenvalue weighted by atomic mass is 10.2. The Bertz CT molecular complexity index is 392. The molecular formula is C16H27ClN2S. The molecule has 2 nitrogen and oxygen atoms in total. The third kappa shape index (κ3) is 6.49. The van der Waals surface area contributed by atoms with Crippen LogP contribution in [0.3, 0.4) is 0 Å². The first-order valence-corrected chi connectivity index (χ1v) is 8.80. The van der Waals surface area contributed by atoms with Crippen molar-refractivity contribution in [2.45, 2.75) is 45.2 Å². The van der Waals surface area contributed by atoms with Crippen LogP contribution in [0.1, 0.15) is 33.3 Å². The van der Waals surface area contributed by atoms with E-state index in [2.05, 4.69) is 56.1 Å². The molecule has 20 heavy (non-hydrogen) atoms. The number of benzene rings is 1. The van der Waals surface area contributed by atoms with E-state index in [1.165, 1.54) is 10.5 Å². The molecule has 0 aliphatic heterocycles. The lowest BCUT2D eigenvalue weighted by Gasteiger charge is -2.17. The van der Waals surface area contributed by atoms with Crippen LogP contribution in [0, 0.1) is 0 Å². The maximum atomic E-state index is 6.37. The zero-order valence-corrected chi connectivity index (χ0v) is 14.7. The summed E-state index contributed by atoms with van der Waals surface area (Å²) in [4.78, 5) is 3.62. The Balaban J connectivity index is 2.47. The molecule has 0 aromatic heterocycles. The topological polar surface area (TPSA) is 15.3 Å². The molecule has 0 unspecified atom stereocenters. The van der Waals surface area contributed by atoms with Crippen molar-refractivity contribution in [3.8, 4) is 0 Å². The zero-order valence-electron chi connectivity index (χ0n) is 13.1. The summed E-state index contributed by atoms with van der Waals surface area (Å²) in [6.45, 7) is 12.9. The third-order valence-electron chi connectivity index (χ3n) is 3.27. The molecule has 0 fully saturated rings. The molecule has 0 saturated heterocycles. The molecule has 0 bridgehead atoms. The van der Waals surface area contributed by atoms with Crippen molar-refractivity contribution in [2.24, 2.45) is 0 Å². The molecule has 0 saturated carbocycles. The number of halogens is 1. The van der Waals surface area contributed by atoms with Crippen LogP contribution in [0.15, 0.2) is 23.1 Å². The Morgan fingerprint density at radius 3 is 2.50 bits per heavy atom. The standard InChI is InChI=1S/C16H27ClN2S/c1-5-19(6-2)9-10-20-16-8-7-14(11-15(16)17)12-18-13(3)4/h7-8,11,13,18H,5-6,9-10,12H2,1-4H3. The highest BCUT2D eigenvalue weighted by Crippen LogP contribution is 2.28. The van der Waals surface area contributed by atoms with Crippen LogP contribution in [-0.2, 0) is 6.54 Å². The Morgan fingerprint density at radius 2 is 1.95 bits per heavy atom. The SMILES string of the molecule is CCN(CC)CCSc1ccc(CNC(C)C)cc1Cl. The van der Waals surface area contributed by atoms with Gasteiger partial charge in [0.2, 0.25) is 0 Å². The van der Waals surface area contributed by atoms with Gasteiger partial charge in [-0.25, -0.2) is 0 Å². The van der Waals surface area contributed by atoms with Gasteiger partial charge in [-0.1, -0.05) is 45.4 Å². The number of nitrogens with one attached hydrogen (secondary N) is 1. The first-order chi connectivity index (χ1) is 9.56. The normalized spacial score (nSPS) is 11.6. The number of hydrogen-bond donors (Lipinski definition) is 1. The Labute approximate surface area is 133 Å². The fourth-order valence-corrected chi connectivity index (χ4v) is 3.22. The van der Waals surface area contributed by atoms with Crippen LogP contribution >= 0.6 is 23.4 Å². The van der Waals surface area contributed by atoms with Gasteiger partial charge in [-0.3, -0.25) is 0 Å². The van der Waals surface area contributed by atoms with Gasteiger partial charge >= 0.3 is 0 Å². The minimum Gasteiger partial charge on any atom is -0.310 e. The van der Waals surface area contributed by atoms with Gasteiger partial charge < -0.3 is 10.2 Å². The first-order valence-electron chi connectivity index (χ1n) is 7.43. The Hall–Kier alpha value is -0.220. The van der Waals surface area contributed by atoms with E-state index in [0.717, 1.165) is 37.0 Å². The van der Waals surface area contributed by atoms with E-state index in [1.807, 2.05) is 11.8 Å². The average molecular weight is 315 g/mol. The summed E-state index contributed by atoms with van der Waals surface area (Å²) in [7, 11) is 0. The fraction of sp³-hybridized carbons (Fsp3) is 0.625. The first kappa shape index (κ1) is 17.8. The second-order valence-electron chi connectivity index (χ2n) is 5.18. The van der Waals surface area contributed by atoms with Gasteiger partial charge in [0.15, 0.2) is 0 Å². The molecule has 1 rings (SSSR count). The highest BCUT2D eigenvalue weighted by molar-refractivity contribution is 7.99. The van der Waals surface area contributed by atoms with Gasteiger partial charge in [0.1, 0.15) is 0 Å². The smallest absolute Gasteiger partial charge is 0.0545 e. The molecule has 1 aromatic rings. The molecule has 0 atom stereocenters. The highest BCUT2D eigenvalue weighted by Gasteiger charge is 2.05. The van der Waals surface area contributed by atoms with Crippen molar-refractivity contribution in [2.75, 3.05) is 25.4 Å². The van der Waals surface area contributed by atoms with Crippen molar-refractivity contribution in [3.05, 3.63) is 28.8 Å². The van der Waals surface area contributed by atoms with Gasteiger partial charge in [-0.2, -0.15) is 0 Å². The van der Waals surface area contributed by atoms with Crippen molar-refractivity contribution >= 4 is 23.4 Å². The minimum atomic E-state index is 0.497. The van der Waals surface area contributed by atoms with E-state index in [1.54, 1.807) is 0 Å². The lowest BCUT2D eigenvalue weighted by molar-refractivity contribution is 0.324. The molecule has 0 radical (unpaired) electrons. The molecule has 0 spiro atoms. The van der Waals surface area contributed by atoms with Gasteiger partial charge in [0.25, 0.3) is 0 Å². The maximum absolute atomic E-state index is 6.37.